The average molecular weight is 91.1 g/mol. The first-order valence-corrected chi connectivity index (χ1v) is 1.45. The van der Waals surface area contributed by atoms with Crippen LogP contribution in [0.5, 0.6) is 0 Å². The van der Waals surface area contributed by atoms with E-state index in [4.69, 9.17) is 0 Å². The van der Waals surface area contributed by atoms with Crippen molar-refractivity contribution in [1.29, 1.82) is 0 Å². The molecule has 0 heterocycles. The fraction of sp³-hybridized carbons (Fsp3) is 0. The molecule has 0 saturated heterocycles. The van der Waals surface area contributed by atoms with E-state index in [2.05, 4.69) is 10.2 Å². The van der Waals surface area contributed by atoms with Crippen molar-refractivity contribution in [2.75, 3.05) is 0 Å². The summed E-state index contributed by atoms with van der Waals surface area (Å²) in [4.78, 5) is 0. The minimum Gasteiger partial charge on any atom is -0.209 e. The predicted molar refractivity (Wildman–Crippen MR) is 16.1 cm³/mol. The van der Waals surface area contributed by atoms with Crippen LogP contribution < -0.4 is 0 Å². The molecule has 0 aliphatic rings. The molecule has 0 aliphatic heterocycles. The summed E-state index contributed by atoms with van der Waals surface area (Å²) >= 11 is 0. The Hall–Kier alpha value is -0.183. The molecule has 0 aliphatic carbocycles. The van der Waals surface area contributed by atoms with E-state index in [1.54, 1.807) is 0 Å². The number of hydrogen-bond donors (Lipinski definition) is 0. The first kappa shape index (κ1) is 4.82. The predicted octanol–water partition coefficient (Wildman–Crippen LogP) is 0.893. The second kappa shape index (κ2) is 2.08. The molecule has 26 valence electrons. The monoisotopic (exact) mass is 91.0 g/mol. The molecule has 0 nitrogen and oxygen atoms in total. The first-order chi connectivity index (χ1) is 2.27. The molecule has 0 unspecified atom stereocenters. The molecule has 0 N–H and O–H groups in total. The number of hydrogen-bond acceptors (Lipinski definition) is 0. The Kier molecular flexibility index (Phi) is 2.00. The Morgan fingerprint density at radius 1 is 1.80 bits per heavy atom. The van der Waals surface area contributed by atoms with Crippen molar-refractivity contribution in [2.45, 2.75) is 0 Å². The van der Waals surface area contributed by atoms with Gasteiger partial charge in [-0.25, -0.2) is 4.39 Å². The normalized spacial score (nSPS) is 12.0. The van der Waals surface area contributed by atoms with Crippen molar-refractivity contribution in [3.8, 4) is 0 Å². The zero-order chi connectivity index (χ0) is 4.28. The van der Waals surface area contributed by atoms with E-state index in [1.807, 2.05) is 0 Å². The van der Waals surface area contributed by atoms with Gasteiger partial charge in [-0.15, -0.1) is 0 Å². The molecule has 0 bridgehead atoms. The van der Waals surface area contributed by atoms with E-state index in [0.29, 0.717) is 0 Å². The summed E-state index contributed by atoms with van der Waals surface area (Å²) in [5, 5.41) is 0. The van der Waals surface area contributed by atoms with Crippen molar-refractivity contribution < 1.29 is 8.78 Å². The fourth-order valence-corrected chi connectivity index (χ4v) is 0. The van der Waals surface area contributed by atoms with E-state index in [1.165, 1.54) is 0 Å². The topological polar surface area (TPSA) is 0 Å². The lowest BCUT2D eigenvalue weighted by Gasteiger charge is -1.47. The second-order valence-corrected chi connectivity index (χ2v) is 0.935. The summed E-state index contributed by atoms with van der Waals surface area (Å²) in [6, 6.07) is 0. The Morgan fingerprint density at radius 2 is 2.00 bits per heavy atom. The van der Waals surface area contributed by atoms with Crippen LogP contribution in [0.1, 0.15) is 0 Å². The van der Waals surface area contributed by atoms with Gasteiger partial charge in [0.15, 0.2) is 6.33 Å². The van der Waals surface area contributed by atoms with Crippen LogP contribution in [0.2, 0.25) is 0 Å². The highest BCUT2D eigenvalue weighted by Gasteiger charge is 1.99. The standard InChI is InChI=1S/C2HF2Si/c3-1-2(4)5/h1H/q+1/b2-1-. The van der Waals surface area contributed by atoms with Crippen LogP contribution in [0.4, 0.5) is 8.78 Å². The van der Waals surface area contributed by atoms with Crippen LogP contribution in [-0.2, 0) is 0 Å². The summed E-state index contributed by atoms with van der Waals surface area (Å²) < 4.78 is 21.4. The summed E-state index contributed by atoms with van der Waals surface area (Å²) in [7, 11) is 2.24. The minimum absolute atomic E-state index is 0.170. The third-order valence-electron chi connectivity index (χ3n) is 0.0958. The zero-order valence-electron chi connectivity index (χ0n) is 2.33. The first-order valence-electron chi connectivity index (χ1n) is 0.946. The molecule has 5 heavy (non-hydrogen) atoms. The van der Waals surface area contributed by atoms with Crippen LogP contribution in [-0.4, -0.2) is 10.2 Å². The Balaban J connectivity index is 3.14. The number of rotatable bonds is 0. The Bertz CT molecular complexity index is 45.6. The summed E-state index contributed by atoms with van der Waals surface area (Å²) in [5.74, 6) is 0. The van der Waals surface area contributed by atoms with Crippen LogP contribution in [0, 0.1) is 0 Å². The lowest BCUT2D eigenvalue weighted by atomic mass is 11.1. The number of halogens is 2. The molecule has 0 rings (SSSR count). The minimum atomic E-state index is -0.981. The van der Waals surface area contributed by atoms with Gasteiger partial charge >= 0.3 is 15.7 Å². The quantitative estimate of drug-likeness (QED) is 0.388. The highest BCUT2D eigenvalue weighted by Crippen LogP contribution is 1.83. The van der Waals surface area contributed by atoms with Gasteiger partial charge in [0.25, 0.3) is 0 Å². The highest BCUT2D eigenvalue weighted by atomic mass is 28.1. The third kappa shape index (κ3) is 3.82. The molecule has 0 aromatic rings. The lowest BCUT2D eigenvalue weighted by Crippen LogP contribution is -1.58. The SMILES string of the molecule is F/C=C(/F)[Si+]. The van der Waals surface area contributed by atoms with E-state index < -0.39 is 5.45 Å². The molecule has 3 heteroatoms. The van der Waals surface area contributed by atoms with Crippen LogP contribution >= 0.6 is 0 Å². The van der Waals surface area contributed by atoms with Crippen LogP contribution in [0.15, 0.2) is 11.8 Å². The van der Waals surface area contributed by atoms with Gasteiger partial charge in [-0.2, -0.15) is 4.39 Å². The molecule has 0 aromatic heterocycles. The molecule has 0 aromatic carbocycles. The van der Waals surface area contributed by atoms with Gasteiger partial charge in [0.05, 0.1) is 0 Å². The molecule has 0 spiro atoms. The van der Waals surface area contributed by atoms with Crippen molar-refractivity contribution >= 4 is 10.2 Å². The van der Waals surface area contributed by atoms with E-state index >= 15 is 0 Å². The molecular weight excluding hydrogens is 90.1 g/mol. The molecule has 2 radical (unpaired) electrons. The maximum Gasteiger partial charge on any atom is 0.792 e. The van der Waals surface area contributed by atoms with Gasteiger partial charge < -0.3 is 0 Å². The second-order valence-electron chi connectivity index (χ2n) is 0.457. The van der Waals surface area contributed by atoms with Gasteiger partial charge in [0.1, 0.15) is 0 Å². The Morgan fingerprint density at radius 3 is 2.00 bits per heavy atom. The zero-order valence-corrected chi connectivity index (χ0v) is 3.33. The van der Waals surface area contributed by atoms with E-state index in [0.717, 1.165) is 0 Å². The van der Waals surface area contributed by atoms with E-state index in [9.17, 15) is 8.78 Å². The molecule has 0 amide bonds. The lowest BCUT2D eigenvalue weighted by molar-refractivity contribution is 0.626. The van der Waals surface area contributed by atoms with Gasteiger partial charge in [0.2, 0.25) is 0 Å². The van der Waals surface area contributed by atoms with Crippen LogP contribution in [0.25, 0.3) is 0 Å². The van der Waals surface area contributed by atoms with Crippen molar-refractivity contribution in [3.63, 3.8) is 0 Å². The molecule has 0 fully saturated rings. The molecule has 0 atom stereocenters. The molecule has 0 saturated carbocycles. The van der Waals surface area contributed by atoms with Gasteiger partial charge in [-0.05, 0) is 0 Å². The average Bonchev–Trinajstić information content (AvgIpc) is 1.38. The Labute approximate surface area is 31.9 Å². The third-order valence-corrected chi connectivity index (χ3v) is 0.205. The summed E-state index contributed by atoms with van der Waals surface area (Å²) in [6.45, 7) is 0. The van der Waals surface area contributed by atoms with Gasteiger partial charge in [0, 0.05) is 0 Å². The van der Waals surface area contributed by atoms with Gasteiger partial charge in [-0.1, -0.05) is 0 Å². The van der Waals surface area contributed by atoms with Gasteiger partial charge in [-0.3, -0.25) is 0 Å². The van der Waals surface area contributed by atoms with Crippen LogP contribution in [0.3, 0.4) is 0 Å². The smallest absolute Gasteiger partial charge is 0.209 e. The van der Waals surface area contributed by atoms with E-state index in [-0.39, 0.29) is 6.33 Å². The maximum atomic E-state index is 10.8. The maximum absolute atomic E-state index is 10.8. The fourth-order valence-electron chi connectivity index (χ4n) is 0. The van der Waals surface area contributed by atoms with Crippen molar-refractivity contribution in [3.05, 3.63) is 11.8 Å². The highest BCUT2D eigenvalue weighted by molar-refractivity contribution is 6.19. The largest absolute Gasteiger partial charge is 0.792 e. The van der Waals surface area contributed by atoms with Crippen molar-refractivity contribution in [2.24, 2.45) is 0 Å². The summed E-state index contributed by atoms with van der Waals surface area (Å²) in [6.07, 6.45) is -0.170. The summed E-state index contributed by atoms with van der Waals surface area (Å²) in [5.41, 5.74) is -0.981. The molecular formula is C2HF2Si+. The van der Waals surface area contributed by atoms with Crippen molar-refractivity contribution in [1.82, 2.24) is 0 Å².